The highest BCUT2D eigenvalue weighted by molar-refractivity contribution is 7.86. The Morgan fingerprint density at radius 3 is 2.30 bits per heavy atom. The summed E-state index contributed by atoms with van der Waals surface area (Å²) < 4.78 is 40.7. The van der Waals surface area contributed by atoms with Gasteiger partial charge in [0, 0.05) is 64.1 Å². The standard InChI is InChI=1S/C23H42N4O5S/c1-2-21-6-3-4-12-25(21)13-5-11-24-22(28)20-7-14-26(15-8-20)33(29,30)27-16-9-23(10-17-27)31-18-19-32-23/h20-21H,2-19H2,1H3,(H,24,28)/t21-/m0/s1. The van der Waals surface area contributed by atoms with E-state index in [4.69, 9.17) is 9.47 Å². The molecule has 9 nitrogen and oxygen atoms in total. The Morgan fingerprint density at radius 2 is 1.64 bits per heavy atom. The number of hydrogen-bond donors (Lipinski definition) is 1. The van der Waals surface area contributed by atoms with Crippen molar-refractivity contribution in [2.24, 2.45) is 5.92 Å². The molecule has 0 radical (unpaired) electrons. The second-order valence-corrected chi connectivity index (χ2v) is 11.9. The number of nitrogens with one attached hydrogen (secondary N) is 1. The van der Waals surface area contributed by atoms with Gasteiger partial charge in [-0.05, 0) is 45.1 Å². The van der Waals surface area contributed by atoms with Gasteiger partial charge in [-0.1, -0.05) is 13.3 Å². The predicted molar refractivity (Wildman–Crippen MR) is 126 cm³/mol. The number of ether oxygens (including phenoxy) is 2. The molecule has 0 unspecified atom stereocenters. The fourth-order valence-electron chi connectivity index (χ4n) is 5.81. The molecule has 0 aromatic rings. The van der Waals surface area contributed by atoms with E-state index < -0.39 is 16.0 Å². The van der Waals surface area contributed by atoms with Crippen molar-refractivity contribution in [2.75, 3.05) is 59.0 Å². The number of carbonyl (C=O) groups excluding carboxylic acids is 1. The van der Waals surface area contributed by atoms with Crippen LogP contribution in [0.4, 0.5) is 0 Å². The molecular weight excluding hydrogens is 444 g/mol. The summed E-state index contributed by atoms with van der Waals surface area (Å²) in [6.07, 6.45) is 8.39. The minimum absolute atomic E-state index is 0.0770. The molecule has 0 bridgehead atoms. The molecule has 0 aromatic carbocycles. The quantitative estimate of drug-likeness (QED) is 0.524. The van der Waals surface area contributed by atoms with Crippen molar-refractivity contribution < 1.29 is 22.7 Å². The first-order valence-corrected chi connectivity index (χ1v) is 14.4. The molecule has 0 aliphatic carbocycles. The van der Waals surface area contributed by atoms with Crippen LogP contribution < -0.4 is 5.32 Å². The van der Waals surface area contributed by atoms with Gasteiger partial charge >= 0.3 is 0 Å². The highest BCUT2D eigenvalue weighted by atomic mass is 32.2. The first kappa shape index (κ1) is 25.3. The molecule has 33 heavy (non-hydrogen) atoms. The minimum Gasteiger partial charge on any atom is -0.356 e. The third-order valence-electron chi connectivity index (χ3n) is 7.92. The van der Waals surface area contributed by atoms with Gasteiger partial charge in [0.05, 0.1) is 13.2 Å². The van der Waals surface area contributed by atoms with Crippen molar-refractivity contribution in [1.29, 1.82) is 0 Å². The average Bonchev–Trinajstić information content (AvgIpc) is 3.30. The van der Waals surface area contributed by atoms with E-state index in [0.29, 0.717) is 77.7 Å². The van der Waals surface area contributed by atoms with Crippen LogP contribution in [0.2, 0.25) is 0 Å². The Hall–Kier alpha value is -0.780. The summed E-state index contributed by atoms with van der Waals surface area (Å²) in [7, 11) is -3.50. The number of nitrogens with zero attached hydrogens (tertiary/aromatic N) is 3. The summed E-state index contributed by atoms with van der Waals surface area (Å²) in [5.74, 6) is -0.601. The number of likely N-dealkylation sites (tertiary alicyclic amines) is 1. The Balaban J connectivity index is 1.16. The number of hydrogen-bond acceptors (Lipinski definition) is 6. The van der Waals surface area contributed by atoms with Crippen LogP contribution in [0.5, 0.6) is 0 Å². The lowest BCUT2D eigenvalue weighted by molar-refractivity contribution is -0.179. The summed E-state index contributed by atoms with van der Waals surface area (Å²) in [6, 6.07) is 0.699. The van der Waals surface area contributed by atoms with Gasteiger partial charge in [0.2, 0.25) is 5.91 Å². The largest absolute Gasteiger partial charge is 0.356 e. The molecule has 4 rings (SSSR count). The molecule has 4 heterocycles. The van der Waals surface area contributed by atoms with Crippen LogP contribution in [-0.2, 0) is 24.5 Å². The average molecular weight is 487 g/mol. The zero-order chi connectivity index (χ0) is 23.3. The van der Waals surface area contributed by atoms with Crippen molar-refractivity contribution in [3.63, 3.8) is 0 Å². The maximum Gasteiger partial charge on any atom is 0.281 e. The Labute approximate surface area is 199 Å². The van der Waals surface area contributed by atoms with Crippen LogP contribution in [0.25, 0.3) is 0 Å². The second-order valence-electron chi connectivity index (χ2n) is 9.93. The summed E-state index contributed by atoms with van der Waals surface area (Å²) in [5, 5.41) is 3.10. The highest BCUT2D eigenvalue weighted by Gasteiger charge is 2.44. The van der Waals surface area contributed by atoms with Gasteiger partial charge < -0.3 is 19.7 Å². The molecule has 0 saturated carbocycles. The number of amides is 1. The summed E-state index contributed by atoms with van der Waals surface area (Å²) in [4.78, 5) is 15.2. The molecule has 4 saturated heterocycles. The van der Waals surface area contributed by atoms with E-state index in [2.05, 4.69) is 17.1 Å². The van der Waals surface area contributed by atoms with Gasteiger partial charge in [-0.2, -0.15) is 17.0 Å². The summed E-state index contributed by atoms with van der Waals surface area (Å²) in [5.41, 5.74) is 0. The molecule has 4 fully saturated rings. The Kier molecular flexibility index (Phi) is 8.67. The number of rotatable bonds is 8. The lowest BCUT2D eigenvalue weighted by Gasteiger charge is -2.40. The van der Waals surface area contributed by atoms with Gasteiger partial charge in [0.1, 0.15) is 0 Å². The smallest absolute Gasteiger partial charge is 0.281 e. The molecule has 4 aliphatic rings. The van der Waals surface area contributed by atoms with E-state index in [0.717, 1.165) is 13.0 Å². The van der Waals surface area contributed by atoms with E-state index in [1.54, 1.807) is 8.61 Å². The summed E-state index contributed by atoms with van der Waals surface area (Å²) >= 11 is 0. The zero-order valence-corrected chi connectivity index (χ0v) is 21.0. The zero-order valence-electron chi connectivity index (χ0n) is 20.2. The fourth-order valence-corrected chi connectivity index (χ4v) is 7.45. The topological polar surface area (TPSA) is 91.4 Å². The van der Waals surface area contributed by atoms with Crippen molar-refractivity contribution in [3.05, 3.63) is 0 Å². The predicted octanol–water partition coefficient (Wildman–Crippen LogP) is 1.55. The van der Waals surface area contributed by atoms with Crippen molar-refractivity contribution >= 4 is 16.1 Å². The summed E-state index contributed by atoms with van der Waals surface area (Å²) in [6.45, 7) is 7.99. The molecule has 190 valence electrons. The number of carbonyl (C=O) groups is 1. The molecule has 1 atom stereocenters. The van der Waals surface area contributed by atoms with Crippen LogP contribution in [-0.4, -0.2) is 98.7 Å². The maximum atomic E-state index is 13.1. The third kappa shape index (κ3) is 6.08. The minimum atomic E-state index is -3.50. The van der Waals surface area contributed by atoms with Crippen molar-refractivity contribution in [3.8, 4) is 0 Å². The van der Waals surface area contributed by atoms with E-state index in [1.165, 1.54) is 32.2 Å². The Bertz CT molecular complexity index is 740. The van der Waals surface area contributed by atoms with E-state index in [1.807, 2.05) is 0 Å². The van der Waals surface area contributed by atoms with Gasteiger partial charge in [0.25, 0.3) is 10.2 Å². The molecule has 1 spiro atoms. The second kappa shape index (κ2) is 11.3. The van der Waals surface area contributed by atoms with Crippen LogP contribution in [0, 0.1) is 5.92 Å². The van der Waals surface area contributed by atoms with Gasteiger partial charge in [-0.15, -0.1) is 0 Å². The van der Waals surface area contributed by atoms with Crippen LogP contribution in [0.3, 0.4) is 0 Å². The van der Waals surface area contributed by atoms with Crippen LogP contribution in [0.1, 0.15) is 64.7 Å². The Morgan fingerprint density at radius 1 is 0.970 bits per heavy atom. The monoisotopic (exact) mass is 486 g/mol. The maximum absolute atomic E-state index is 13.1. The van der Waals surface area contributed by atoms with E-state index in [-0.39, 0.29) is 11.8 Å². The van der Waals surface area contributed by atoms with E-state index >= 15 is 0 Å². The first-order chi connectivity index (χ1) is 15.9. The SMILES string of the molecule is CC[C@H]1CCCCN1CCCNC(=O)C1CCN(S(=O)(=O)N2CCC3(CC2)OCCO3)CC1. The highest BCUT2D eigenvalue weighted by Crippen LogP contribution is 2.33. The van der Waals surface area contributed by atoms with Crippen molar-refractivity contribution in [2.45, 2.75) is 76.5 Å². The van der Waals surface area contributed by atoms with Crippen LogP contribution in [0.15, 0.2) is 0 Å². The fraction of sp³-hybridized carbons (Fsp3) is 0.957. The first-order valence-electron chi connectivity index (χ1n) is 13.0. The van der Waals surface area contributed by atoms with E-state index in [9.17, 15) is 13.2 Å². The molecular formula is C23H42N4O5S. The van der Waals surface area contributed by atoms with Crippen LogP contribution >= 0.6 is 0 Å². The molecule has 1 N–H and O–H groups in total. The molecule has 0 aromatic heterocycles. The van der Waals surface area contributed by atoms with Crippen molar-refractivity contribution in [1.82, 2.24) is 18.8 Å². The molecule has 1 amide bonds. The lowest BCUT2D eigenvalue weighted by Crippen LogP contribution is -2.53. The van der Waals surface area contributed by atoms with Gasteiger partial charge in [0.15, 0.2) is 5.79 Å². The normalized spacial score (nSPS) is 28.3. The number of piperidine rings is 3. The molecule has 4 aliphatic heterocycles. The lowest BCUT2D eigenvalue weighted by atomic mass is 9.97. The third-order valence-corrected chi connectivity index (χ3v) is 9.95. The van der Waals surface area contributed by atoms with Gasteiger partial charge in [-0.25, -0.2) is 0 Å². The molecule has 10 heteroatoms. The van der Waals surface area contributed by atoms with Gasteiger partial charge in [-0.3, -0.25) is 4.79 Å².